The van der Waals surface area contributed by atoms with E-state index in [2.05, 4.69) is 15.5 Å². The van der Waals surface area contributed by atoms with Crippen LogP contribution in [0.25, 0.3) is 0 Å². The molecule has 2 aliphatic heterocycles. The van der Waals surface area contributed by atoms with Crippen molar-refractivity contribution in [3.05, 3.63) is 57.6 Å². The first-order valence-electron chi connectivity index (χ1n) is 13.6. The molecule has 4 N–H and O–H groups in total. The van der Waals surface area contributed by atoms with Gasteiger partial charge in [-0.1, -0.05) is 35.3 Å². The van der Waals surface area contributed by atoms with Crippen LogP contribution >= 0.6 is 23.2 Å². The van der Waals surface area contributed by atoms with Crippen molar-refractivity contribution in [2.45, 2.75) is 50.2 Å². The van der Waals surface area contributed by atoms with Crippen LogP contribution < -0.4 is 20.3 Å². The van der Waals surface area contributed by atoms with Gasteiger partial charge in [0, 0.05) is 43.8 Å². The molecule has 2 aliphatic rings. The minimum Gasteiger partial charge on any atom is -0.486 e. The quantitative estimate of drug-likeness (QED) is 0.290. The second-order valence-electron chi connectivity index (χ2n) is 10.3. The van der Waals surface area contributed by atoms with Crippen molar-refractivity contribution in [2.24, 2.45) is 0 Å². The van der Waals surface area contributed by atoms with Gasteiger partial charge in [0.1, 0.15) is 12.4 Å². The van der Waals surface area contributed by atoms with Gasteiger partial charge in [0.25, 0.3) is 12.3 Å². The molecular formula is C28H33Cl2F5N4O5. The predicted molar refractivity (Wildman–Crippen MR) is 155 cm³/mol. The van der Waals surface area contributed by atoms with Gasteiger partial charge < -0.3 is 30.5 Å². The number of carbonyl (C=O) groups excluding carboxylic acids is 1. The highest BCUT2D eigenvalue weighted by molar-refractivity contribution is 6.32. The highest BCUT2D eigenvalue weighted by Crippen LogP contribution is 2.35. The zero-order valence-electron chi connectivity index (χ0n) is 23.6. The number of carbonyl (C=O) groups is 2. The highest BCUT2D eigenvalue weighted by Gasteiger charge is 2.38. The van der Waals surface area contributed by atoms with Crippen molar-refractivity contribution < 1.29 is 46.5 Å². The number of anilines is 1. The van der Waals surface area contributed by atoms with Gasteiger partial charge in [-0.3, -0.25) is 9.69 Å². The summed E-state index contributed by atoms with van der Waals surface area (Å²) in [6, 6.07) is 10.9. The molecule has 1 amide bonds. The smallest absolute Gasteiger partial charge is 0.486 e. The van der Waals surface area contributed by atoms with Gasteiger partial charge in [-0.25, -0.2) is 13.6 Å². The number of carboxylic acids is 1. The van der Waals surface area contributed by atoms with E-state index in [-0.39, 0.29) is 35.3 Å². The molecule has 0 radical (unpaired) electrons. The Morgan fingerprint density at radius 2 is 1.70 bits per heavy atom. The fourth-order valence-corrected chi connectivity index (χ4v) is 5.28. The molecule has 44 heavy (non-hydrogen) atoms. The molecule has 0 aliphatic carbocycles. The van der Waals surface area contributed by atoms with E-state index in [0.717, 1.165) is 37.5 Å². The number of aliphatic carboxylic acids is 1. The van der Waals surface area contributed by atoms with Gasteiger partial charge in [0.15, 0.2) is 0 Å². The molecule has 4 rings (SSSR count). The maximum atomic E-state index is 12.7. The lowest BCUT2D eigenvalue weighted by atomic mass is 10.0. The zero-order valence-corrected chi connectivity index (χ0v) is 25.1. The van der Waals surface area contributed by atoms with Gasteiger partial charge in [0.05, 0.1) is 28.4 Å². The van der Waals surface area contributed by atoms with Gasteiger partial charge in [-0.05, 0) is 49.7 Å². The number of rotatable bonds is 9. The third-order valence-corrected chi connectivity index (χ3v) is 7.66. The summed E-state index contributed by atoms with van der Waals surface area (Å²) in [6.45, 7) is 2.69. The highest BCUT2D eigenvalue weighted by atomic mass is 35.5. The summed E-state index contributed by atoms with van der Waals surface area (Å²) in [6.07, 6.45) is -6.50. The maximum absolute atomic E-state index is 12.7. The Morgan fingerprint density at radius 3 is 2.25 bits per heavy atom. The third-order valence-electron chi connectivity index (χ3n) is 7.12. The number of alkyl halides is 5. The van der Waals surface area contributed by atoms with Crippen molar-refractivity contribution in [3.8, 4) is 5.75 Å². The summed E-state index contributed by atoms with van der Waals surface area (Å²) in [7, 11) is 1.50. The summed E-state index contributed by atoms with van der Waals surface area (Å²) in [5, 5.41) is 24.9. The number of hydrogen-bond acceptors (Lipinski definition) is 7. The monoisotopic (exact) mass is 670 g/mol. The molecule has 2 aromatic carbocycles. The van der Waals surface area contributed by atoms with Crippen LogP contribution in [-0.4, -0.2) is 97.6 Å². The van der Waals surface area contributed by atoms with Crippen LogP contribution in [0.3, 0.4) is 0 Å². The Morgan fingerprint density at radius 1 is 1.09 bits per heavy atom. The first kappa shape index (κ1) is 35.6. The van der Waals surface area contributed by atoms with Crippen molar-refractivity contribution >= 4 is 40.8 Å². The molecule has 244 valence electrons. The number of halogens is 7. The number of hydrogen-bond donors (Lipinski definition) is 4. The van der Waals surface area contributed by atoms with Gasteiger partial charge in [0.2, 0.25) is 0 Å². The van der Waals surface area contributed by atoms with Crippen LogP contribution in [0.5, 0.6) is 5.75 Å². The van der Waals surface area contributed by atoms with Crippen molar-refractivity contribution in [3.63, 3.8) is 0 Å². The summed E-state index contributed by atoms with van der Waals surface area (Å²) < 4.78 is 62.3. The normalized spacial score (nSPS) is 19.5. The summed E-state index contributed by atoms with van der Waals surface area (Å²) in [4.78, 5) is 25.7. The fourth-order valence-electron chi connectivity index (χ4n) is 4.94. The molecule has 0 spiro atoms. The molecule has 2 atom stereocenters. The number of likely N-dealkylation sites (tertiary alicyclic amines) is 1. The Balaban J connectivity index is 0.000000676. The number of carboxylic acid groups (broad SMARTS) is 1. The number of piperidine rings is 1. The predicted octanol–water partition coefficient (Wildman–Crippen LogP) is 4.43. The molecule has 0 bridgehead atoms. The fraction of sp³-hybridized carbons (Fsp3) is 0.500. The third kappa shape index (κ3) is 10.3. The Bertz CT molecular complexity index is 1260. The molecular weight excluding hydrogens is 638 g/mol. The molecule has 0 aromatic heterocycles. The topological polar surface area (TPSA) is 114 Å². The molecule has 0 saturated carbocycles. The Hall–Kier alpha value is -2.91. The molecule has 2 saturated heterocycles. The first-order chi connectivity index (χ1) is 20.7. The minimum absolute atomic E-state index is 0.0720. The SMILES string of the molecule is CNC(=O)c1cc(Cl)c(OCC(F)F)cc1N1CC(NC2CCN(Cc3ccc(Cl)cc3)CC2)[C@H](O)C1.O=C(O)C(F)(F)F. The van der Waals surface area contributed by atoms with Crippen LogP contribution in [0.4, 0.5) is 27.6 Å². The number of aliphatic hydroxyl groups excluding tert-OH is 1. The van der Waals surface area contributed by atoms with Crippen molar-refractivity contribution in [1.29, 1.82) is 0 Å². The van der Waals surface area contributed by atoms with E-state index in [9.17, 15) is 31.9 Å². The van der Waals surface area contributed by atoms with E-state index in [0.29, 0.717) is 17.8 Å². The van der Waals surface area contributed by atoms with Gasteiger partial charge in [-0.2, -0.15) is 13.2 Å². The molecule has 9 nitrogen and oxygen atoms in total. The maximum Gasteiger partial charge on any atom is 0.490 e. The van der Waals surface area contributed by atoms with Crippen molar-refractivity contribution in [1.82, 2.24) is 15.5 Å². The number of nitrogens with one attached hydrogen (secondary N) is 2. The standard InChI is InChI=1S/C26H32Cl2F2N4O3.C2HF3O2/c1-31-26(36)19-10-20(28)24(37-15-25(29)30)11-22(19)34-13-21(23(35)14-34)32-18-6-8-33(9-7-18)12-16-2-4-17(27)5-3-16;3-2(4,5)1(6)7/h2-5,10-11,18,21,23,25,32,35H,6-9,12-15H2,1H3,(H,31,36);(H,6,7)/t21?,23-;/m1./s1. The Labute approximate surface area is 260 Å². The van der Waals surface area contributed by atoms with E-state index < -0.39 is 31.3 Å². The number of ether oxygens (including phenoxy) is 1. The first-order valence-corrected chi connectivity index (χ1v) is 14.4. The van der Waals surface area contributed by atoms with E-state index in [4.69, 9.17) is 37.8 Å². The molecule has 1 unspecified atom stereocenters. The second kappa shape index (κ2) is 15.9. The van der Waals surface area contributed by atoms with E-state index in [1.54, 1.807) is 0 Å². The largest absolute Gasteiger partial charge is 0.490 e. The van der Waals surface area contributed by atoms with E-state index >= 15 is 0 Å². The number of nitrogens with zero attached hydrogens (tertiary/aromatic N) is 2. The molecule has 16 heteroatoms. The van der Waals surface area contributed by atoms with Gasteiger partial charge in [-0.15, -0.1) is 0 Å². The summed E-state index contributed by atoms with van der Waals surface area (Å²) in [5.41, 5.74) is 2.00. The van der Waals surface area contributed by atoms with Gasteiger partial charge >= 0.3 is 12.1 Å². The summed E-state index contributed by atoms with van der Waals surface area (Å²) in [5.74, 6) is -3.05. The van der Waals surface area contributed by atoms with Crippen LogP contribution in [0.1, 0.15) is 28.8 Å². The molecule has 2 aromatic rings. The lowest BCUT2D eigenvalue weighted by Crippen LogP contribution is -2.49. The second-order valence-corrected chi connectivity index (χ2v) is 11.1. The van der Waals surface area contributed by atoms with Crippen molar-refractivity contribution in [2.75, 3.05) is 44.7 Å². The minimum atomic E-state index is -5.08. The average Bonchev–Trinajstić information content (AvgIpc) is 3.33. The number of benzene rings is 2. The Kier molecular flexibility index (Phi) is 12.8. The summed E-state index contributed by atoms with van der Waals surface area (Å²) >= 11 is 12.2. The lowest BCUT2D eigenvalue weighted by molar-refractivity contribution is -0.192. The molecule has 2 fully saturated rings. The lowest BCUT2D eigenvalue weighted by Gasteiger charge is -2.34. The van der Waals surface area contributed by atoms with Crippen LogP contribution in [-0.2, 0) is 11.3 Å². The molecule has 2 heterocycles. The number of β-amino-alcohol motifs (C(OH)–C–C–N with tert-alkyl or cyclic N) is 1. The average molecular weight is 671 g/mol. The number of aliphatic hydroxyl groups is 1. The van der Waals surface area contributed by atoms with Crippen LogP contribution in [0.2, 0.25) is 10.0 Å². The zero-order chi connectivity index (χ0) is 32.6. The van der Waals surface area contributed by atoms with Crippen LogP contribution in [0, 0.1) is 0 Å². The van der Waals surface area contributed by atoms with E-state index in [1.165, 1.54) is 24.7 Å². The van der Waals surface area contributed by atoms with Crippen LogP contribution in [0.15, 0.2) is 36.4 Å². The van der Waals surface area contributed by atoms with E-state index in [1.807, 2.05) is 29.2 Å². The number of amides is 1.